The lowest BCUT2D eigenvalue weighted by Gasteiger charge is -2.29. The fraction of sp³-hybridized carbons (Fsp3) is 0.286. The van der Waals surface area contributed by atoms with Crippen LogP contribution in [0.3, 0.4) is 0 Å². The molecule has 2 heterocycles. The number of rotatable bonds is 4. The number of carbonyl (C=O) groups is 1. The van der Waals surface area contributed by atoms with E-state index in [-0.39, 0.29) is 11.1 Å². The Bertz CT molecular complexity index is 790. The van der Waals surface area contributed by atoms with Gasteiger partial charge in [-0.1, -0.05) is 57.2 Å². The Kier molecular flexibility index (Phi) is 4.53. The number of aliphatic carboxylic acids is 1. The highest BCUT2D eigenvalue weighted by atomic mass is 16.4. The van der Waals surface area contributed by atoms with Gasteiger partial charge in [0.15, 0.2) is 5.70 Å². The maximum Gasteiger partial charge on any atom is 0.355 e. The fourth-order valence-electron chi connectivity index (χ4n) is 2.95. The molecule has 4 nitrogen and oxygen atoms in total. The van der Waals surface area contributed by atoms with E-state index in [2.05, 4.69) is 50.4 Å². The quantitative estimate of drug-likeness (QED) is 0.871. The van der Waals surface area contributed by atoms with Crippen molar-refractivity contribution < 1.29 is 9.90 Å². The molecular weight excluding hydrogens is 312 g/mol. The Balaban J connectivity index is 1.78. The molecule has 25 heavy (non-hydrogen) atoms. The molecule has 0 radical (unpaired) electrons. The minimum atomic E-state index is -0.938. The zero-order chi connectivity index (χ0) is 18.0. The number of hydrogen-bond acceptors (Lipinski definition) is 3. The molecule has 1 aromatic rings. The van der Waals surface area contributed by atoms with Gasteiger partial charge in [-0.25, -0.2) is 4.79 Å². The van der Waals surface area contributed by atoms with Gasteiger partial charge in [-0.3, -0.25) is 0 Å². The molecule has 2 aliphatic heterocycles. The molecular formula is C21H24N2O2. The highest BCUT2D eigenvalue weighted by Crippen LogP contribution is 2.27. The molecule has 1 aromatic carbocycles. The summed E-state index contributed by atoms with van der Waals surface area (Å²) in [7, 11) is 0. The van der Waals surface area contributed by atoms with Crippen molar-refractivity contribution in [3.8, 4) is 0 Å². The molecule has 130 valence electrons. The second kappa shape index (κ2) is 6.63. The zero-order valence-corrected chi connectivity index (χ0v) is 14.9. The van der Waals surface area contributed by atoms with E-state index in [0.29, 0.717) is 12.2 Å². The minimum absolute atomic E-state index is 0.125. The average Bonchev–Trinajstić information content (AvgIpc) is 2.58. The van der Waals surface area contributed by atoms with E-state index in [1.54, 1.807) is 4.90 Å². The van der Waals surface area contributed by atoms with Crippen molar-refractivity contribution in [2.75, 3.05) is 0 Å². The smallest absolute Gasteiger partial charge is 0.355 e. The summed E-state index contributed by atoms with van der Waals surface area (Å²) < 4.78 is 0. The fourth-order valence-corrected chi connectivity index (χ4v) is 2.95. The standard InChI is InChI=1S/C21H24N2O2/c1-21(2,3)16-9-7-15(8-10-16)14-22-18-12-11-17-6-4-5-13-23(17)19(18)20(24)25/h5-13,22H,4,14H2,1-3H3,(H,24,25). The molecule has 0 aromatic heterocycles. The van der Waals surface area contributed by atoms with E-state index < -0.39 is 5.97 Å². The summed E-state index contributed by atoms with van der Waals surface area (Å²) in [5.41, 5.74) is 4.31. The molecule has 0 spiro atoms. The molecule has 2 N–H and O–H groups in total. The molecule has 0 bridgehead atoms. The number of nitrogens with one attached hydrogen (secondary N) is 1. The lowest BCUT2D eigenvalue weighted by atomic mass is 9.87. The average molecular weight is 336 g/mol. The lowest BCUT2D eigenvalue weighted by molar-refractivity contribution is -0.134. The second-order valence-corrected chi connectivity index (χ2v) is 7.32. The third-order valence-electron chi connectivity index (χ3n) is 4.42. The lowest BCUT2D eigenvalue weighted by Crippen LogP contribution is -2.30. The van der Waals surface area contributed by atoms with E-state index >= 15 is 0 Å². The van der Waals surface area contributed by atoms with Crippen molar-refractivity contribution in [2.45, 2.75) is 39.2 Å². The van der Waals surface area contributed by atoms with Crippen LogP contribution in [0.2, 0.25) is 0 Å². The maximum atomic E-state index is 11.8. The van der Waals surface area contributed by atoms with E-state index in [1.807, 2.05) is 30.5 Å². The van der Waals surface area contributed by atoms with Gasteiger partial charge in [0.05, 0.1) is 5.70 Å². The molecule has 0 unspecified atom stereocenters. The molecule has 0 saturated heterocycles. The first kappa shape index (κ1) is 17.1. The van der Waals surface area contributed by atoms with Crippen molar-refractivity contribution in [1.82, 2.24) is 10.2 Å². The monoisotopic (exact) mass is 336 g/mol. The second-order valence-electron chi connectivity index (χ2n) is 7.32. The topological polar surface area (TPSA) is 52.6 Å². The van der Waals surface area contributed by atoms with Gasteiger partial charge in [-0.15, -0.1) is 0 Å². The van der Waals surface area contributed by atoms with Crippen LogP contribution in [0.15, 0.2) is 71.9 Å². The predicted octanol–water partition coefficient (Wildman–Crippen LogP) is 4.04. The predicted molar refractivity (Wildman–Crippen MR) is 99.5 cm³/mol. The third-order valence-corrected chi connectivity index (χ3v) is 4.42. The molecule has 4 heteroatoms. The molecule has 0 fully saturated rings. The highest BCUT2D eigenvalue weighted by molar-refractivity contribution is 5.89. The Morgan fingerprint density at radius 3 is 2.56 bits per heavy atom. The van der Waals surface area contributed by atoms with Gasteiger partial charge in [-0.05, 0) is 35.1 Å². The van der Waals surface area contributed by atoms with Crippen LogP contribution in [0.5, 0.6) is 0 Å². The number of nitrogens with zero attached hydrogens (tertiary/aromatic N) is 1. The van der Waals surface area contributed by atoms with E-state index in [9.17, 15) is 9.90 Å². The first-order valence-electron chi connectivity index (χ1n) is 8.51. The largest absolute Gasteiger partial charge is 0.476 e. The SMILES string of the molecule is CC(C)(C)c1ccc(CNC2=C(C(=O)O)N3C=CCC=C3C=C2)cc1. The summed E-state index contributed by atoms with van der Waals surface area (Å²) in [6.45, 7) is 7.15. The Labute approximate surface area is 148 Å². The summed E-state index contributed by atoms with van der Waals surface area (Å²) in [6, 6.07) is 8.45. The van der Waals surface area contributed by atoms with Gasteiger partial charge >= 0.3 is 5.97 Å². The number of hydrogen-bond donors (Lipinski definition) is 2. The van der Waals surface area contributed by atoms with Gasteiger partial charge in [0.1, 0.15) is 0 Å². The summed E-state index contributed by atoms with van der Waals surface area (Å²) >= 11 is 0. The van der Waals surface area contributed by atoms with Crippen molar-refractivity contribution >= 4 is 5.97 Å². The van der Waals surface area contributed by atoms with Crippen LogP contribution >= 0.6 is 0 Å². The summed E-state index contributed by atoms with van der Waals surface area (Å²) in [4.78, 5) is 13.5. The van der Waals surface area contributed by atoms with Crippen LogP contribution in [0, 0.1) is 0 Å². The van der Waals surface area contributed by atoms with Crippen LogP contribution < -0.4 is 5.32 Å². The van der Waals surface area contributed by atoms with Crippen molar-refractivity contribution in [3.05, 3.63) is 83.0 Å². The van der Waals surface area contributed by atoms with Crippen LogP contribution in [0.4, 0.5) is 0 Å². The van der Waals surface area contributed by atoms with Gasteiger partial charge < -0.3 is 15.3 Å². The van der Waals surface area contributed by atoms with Crippen molar-refractivity contribution in [3.63, 3.8) is 0 Å². The Hall–Kier alpha value is -2.75. The number of carboxylic acid groups (broad SMARTS) is 1. The van der Waals surface area contributed by atoms with E-state index in [1.165, 1.54) is 5.56 Å². The first-order chi connectivity index (χ1) is 11.9. The molecule has 0 atom stereocenters. The molecule has 3 rings (SSSR count). The van der Waals surface area contributed by atoms with E-state index in [0.717, 1.165) is 17.7 Å². The van der Waals surface area contributed by atoms with Gasteiger partial charge in [0.2, 0.25) is 0 Å². The van der Waals surface area contributed by atoms with Gasteiger partial charge in [0, 0.05) is 18.4 Å². The van der Waals surface area contributed by atoms with Crippen LogP contribution in [-0.2, 0) is 16.8 Å². The summed E-state index contributed by atoms with van der Waals surface area (Å²) in [5, 5.41) is 12.9. The summed E-state index contributed by atoms with van der Waals surface area (Å²) in [5.74, 6) is -0.938. The maximum absolute atomic E-state index is 11.8. The Morgan fingerprint density at radius 1 is 1.20 bits per heavy atom. The molecule has 2 aliphatic rings. The van der Waals surface area contributed by atoms with E-state index in [4.69, 9.17) is 0 Å². The number of allylic oxidation sites excluding steroid dienone is 4. The zero-order valence-electron chi connectivity index (χ0n) is 14.9. The minimum Gasteiger partial charge on any atom is -0.476 e. The van der Waals surface area contributed by atoms with Gasteiger partial charge in [-0.2, -0.15) is 0 Å². The van der Waals surface area contributed by atoms with Crippen molar-refractivity contribution in [2.24, 2.45) is 0 Å². The highest BCUT2D eigenvalue weighted by Gasteiger charge is 2.25. The number of fused-ring (bicyclic) bond motifs is 1. The first-order valence-corrected chi connectivity index (χ1v) is 8.51. The van der Waals surface area contributed by atoms with Gasteiger partial charge in [0.25, 0.3) is 0 Å². The molecule has 0 saturated carbocycles. The third kappa shape index (κ3) is 3.68. The Morgan fingerprint density at radius 2 is 1.92 bits per heavy atom. The van der Waals surface area contributed by atoms with Crippen molar-refractivity contribution in [1.29, 1.82) is 0 Å². The molecule has 0 aliphatic carbocycles. The van der Waals surface area contributed by atoms with Crippen LogP contribution in [0.25, 0.3) is 0 Å². The number of carboxylic acids is 1. The summed E-state index contributed by atoms with van der Waals surface area (Å²) in [6.07, 6.45) is 10.4. The van der Waals surface area contributed by atoms with Crippen LogP contribution in [0.1, 0.15) is 38.3 Å². The molecule has 0 amide bonds. The number of benzene rings is 1. The van der Waals surface area contributed by atoms with Crippen LogP contribution in [-0.4, -0.2) is 16.0 Å². The normalized spacial score (nSPS) is 16.6.